The van der Waals surface area contributed by atoms with Crippen molar-refractivity contribution >= 4 is 22.7 Å². The fourth-order valence-corrected chi connectivity index (χ4v) is 4.61. The molecule has 0 aliphatic heterocycles. The van der Waals surface area contributed by atoms with Gasteiger partial charge in [0.15, 0.2) is 16.4 Å². The molecule has 4 aromatic rings. The first-order valence-electron chi connectivity index (χ1n) is 11.2. The Morgan fingerprint density at radius 1 is 1.06 bits per heavy atom. The van der Waals surface area contributed by atoms with Crippen molar-refractivity contribution in [1.29, 1.82) is 0 Å². The lowest BCUT2D eigenvalue weighted by atomic mass is 9.87. The number of pyridine rings is 1. The first-order valence-corrected chi connectivity index (χ1v) is 12.1. The molecule has 2 heterocycles. The van der Waals surface area contributed by atoms with Crippen LogP contribution in [0.3, 0.4) is 0 Å². The van der Waals surface area contributed by atoms with E-state index in [2.05, 4.69) is 59.6 Å². The minimum absolute atomic E-state index is 0.0339. The van der Waals surface area contributed by atoms with Crippen molar-refractivity contribution in [1.82, 2.24) is 19.7 Å². The minimum Gasteiger partial charge on any atom is -0.486 e. The second-order valence-corrected chi connectivity index (χ2v) is 10.1. The number of H-pyrrole nitrogens is 1. The molecule has 172 valence electrons. The van der Waals surface area contributed by atoms with Gasteiger partial charge >= 0.3 is 0 Å². The Morgan fingerprint density at radius 2 is 1.82 bits per heavy atom. The molecule has 0 aliphatic rings. The molecule has 1 N–H and O–H groups in total. The van der Waals surface area contributed by atoms with E-state index in [0.29, 0.717) is 12.4 Å². The van der Waals surface area contributed by atoms with Gasteiger partial charge in [-0.15, -0.1) is 10.2 Å². The second kappa shape index (κ2) is 9.43. The summed E-state index contributed by atoms with van der Waals surface area (Å²) in [6.07, 6.45) is 0. The third-order valence-electron chi connectivity index (χ3n) is 5.60. The molecule has 0 aliphatic carbocycles. The maximum atomic E-state index is 12.5. The topological polar surface area (TPSA) is 72.8 Å². The van der Waals surface area contributed by atoms with Crippen molar-refractivity contribution in [3.63, 3.8) is 0 Å². The number of fused-ring (bicyclic) bond motifs is 1. The fraction of sp³-hybridized carbons (Fsp3) is 0.346. The molecule has 0 saturated carbocycles. The fourth-order valence-electron chi connectivity index (χ4n) is 3.69. The van der Waals surface area contributed by atoms with Gasteiger partial charge in [0.05, 0.1) is 0 Å². The van der Waals surface area contributed by atoms with Gasteiger partial charge in [-0.25, -0.2) is 0 Å². The number of rotatable bonds is 7. The zero-order chi connectivity index (χ0) is 23.6. The highest BCUT2D eigenvalue weighted by Crippen LogP contribution is 2.25. The normalized spacial score (nSPS) is 11.8. The summed E-state index contributed by atoms with van der Waals surface area (Å²) in [5.41, 5.74) is 4.21. The van der Waals surface area contributed by atoms with E-state index in [-0.39, 0.29) is 10.8 Å². The van der Waals surface area contributed by atoms with Gasteiger partial charge in [0.25, 0.3) is 0 Å². The Hall–Kier alpha value is -3.06. The van der Waals surface area contributed by atoms with Crippen LogP contribution < -0.4 is 10.2 Å². The van der Waals surface area contributed by atoms with E-state index in [9.17, 15) is 4.79 Å². The van der Waals surface area contributed by atoms with E-state index in [1.165, 1.54) is 5.56 Å². The van der Waals surface area contributed by atoms with Crippen LogP contribution in [0.2, 0.25) is 0 Å². The predicted octanol–water partition coefficient (Wildman–Crippen LogP) is 5.62. The molecule has 0 bridgehead atoms. The van der Waals surface area contributed by atoms with E-state index >= 15 is 0 Å². The number of aryl methyl sites for hydroxylation is 1. The maximum Gasteiger partial charge on any atom is 0.191 e. The van der Waals surface area contributed by atoms with Crippen LogP contribution in [0.15, 0.2) is 58.5 Å². The highest BCUT2D eigenvalue weighted by molar-refractivity contribution is 7.98. The lowest BCUT2D eigenvalue weighted by Crippen LogP contribution is -2.11. The average molecular weight is 463 g/mol. The third kappa shape index (κ3) is 5.30. The molecule has 33 heavy (non-hydrogen) atoms. The highest BCUT2D eigenvalue weighted by atomic mass is 32.2. The monoisotopic (exact) mass is 462 g/mol. The molecular weight excluding hydrogens is 432 g/mol. The van der Waals surface area contributed by atoms with Gasteiger partial charge in [-0.3, -0.25) is 4.79 Å². The van der Waals surface area contributed by atoms with Crippen molar-refractivity contribution in [2.45, 2.75) is 64.1 Å². The smallest absolute Gasteiger partial charge is 0.191 e. The minimum atomic E-state index is 0.0339. The lowest BCUT2D eigenvalue weighted by molar-refractivity contribution is 0.288. The number of nitrogens with zero attached hydrogens (tertiary/aromatic N) is 3. The Balaban J connectivity index is 1.44. The standard InChI is InChI=1S/C26H30N4O2S/c1-6-30-24(15-32-20-10-8-18(9-11-20)26(3,4)5)28-29-25(30)33-16-19-14-23(31)21-13-17(2)7-12-22(21)27-19/h7-14H,6,15-16H2,1-5H3,(H,27,31). The van der Waals surface area contributed by atoms with Gasteiger partial charge in [0.1, 0.15) is 12.4 Å². The Labute approximate surface area is 198 Å². The first kappa shape index (κ1) is 23.1. The molecule has 7 heteroatoms. The zero-order valence-corrected chi connectivity index (χ0v) is 20.6. The van der Waals surface area contributed by atoms with Gasteiger partial charge in [0, 0.05) is 35.0 Å². The van der Waals surface area contributed by atoms with E-state index in [4.69, 9.17) is 4.74 Å². The summed E-state index contributed by atoms with van der Waals surface area (Å²) in [6, 6.07) is 15.8. The van der Waals surface area contributed by atoms with Crippen LogP contribution in [0.5, 0.6) is 5.75 Å². The van der Waals surface area contributed by atoms with Gasteiger partial charge in [-0.2, -0.15) is 0 Å². The summed E-state index contributed by atoms with van der Waals surface area (Å²) in [5.74, 6) is 2.20. The zero-order valence-electron chi connectivity index (χ0n) is 19.8. The summed E-state index contributed by atoms with van der Waals surface area (Å²) >= 11 is 1.56. The highest BCUT2D eigenvalue weighted by Gasteiger charge is 2.15. The average Bonchev–Trinajstić information content (AvgIpc) is 3.18. The van der Waals surface area contributed by atoms with Crippen LogP contribution in [0, 0.1) is 6.92 Å². The van der Waals surface area contributed by atoms with Crippen LogP contribution in [0.1, 0.15) is 50.3 Å². The summed E-state index contributed by atoms with van der Waals surface area (Å²) < 4.78 is 8.02. The molecule has 0 fully saturated rings. The number of ether oxygens (including phenoxy) is 1. The van der Waals surface area contributed by atoms with Crippen molar-refractivity contribution in [3.05, 3.63) is 81.4 Å². The van der Waals surface area contributed by atoms with Crippen molar-refractivity contribution in [3.8, 4) is 5.75 Å². The van der Waals surface area contributed by atoms with Crippen LogP contribution in [0.25, 0.3) is 10.9 Å². The van der Waals surface area contributed by atoms with Crippen molar-refractivity contribution < 1.29 is 4.74 Å². The molecule has 2 aromatic carbocycles. The van der Waals surface area contributed by atoms with Crippen LogP contribution in [-0.2, 0) is 24.3 Å². The number of hydrogen-bond acceptors (Lipinski definition) is 5. The third-order valence-corrected chi connectivity index (χ3v) is 6.61. The van der Waals surface area contributed by atoms with Crippen LogP contribution in [0.4, 0.5) is 0 Å². The number of benzene rings is 2. The summed E-state index contributed by atoms with van der Waals surface area (Å²) in [5, 5.41) is 10.2. The summed E-state index contributed by atoms with van der Waals surface area (Å²) in [6.45, 7) is 11.7. The van der Waals surface area contributed by atoms with Crippen LogP contribution in [-0.4, -0.2) is 19.7 Å². The molecule has 0 atom stereocenters. The van der Waals surface area contributed by atoms with Gasteiger partial charge < -0.3 is 14.3 Å². The number of hydrogen-bond donors (Lipinski definition) is 1. The van der Waals surface area contributed by atoms with Gasteiger partial charge in [0.2, 0.25) is 0 Å². The molecule has 2 aromatic heterocycles. The molecule has 4 rings (SSSR count). The number of aromatic amines is 1. The second-order valence-electron chi connectivity index (χ2n) is 9.20. The molecule has 0 radical (unpaired) electrons. The first-order chi connectivity index (χ1) is 15.7. The van der Waals surface area contributed by atoms with E-state index in [0.717, 1.165) is 45.4 Å². The van der Waals surface area contributed by atoms with E-state index in [1.54, 1.807) is 17.8 Å². The molecule has 0 unspecified atom stereocenters. The number of aromatic nitrogens is 4. The molecule has 6 nitrogen and oxygen atoms in total. The van der Waals surface area contributed by atoms with Gasteiger partial charge in [-0.05, 0) is 49.1 Å². The van der Waals surface area contributed by atoms with Crippen LogP contribution >= 0.6 is 11.8 Å². The molecular formula is C26H30N4O2S. The molecule has 0 amide bonds. The molecule has 0 saturated heterocycles. The lowest BCUT2D eigenvalue weighted by Gasteiger charge is -2.19. The largest absolute Gasteiger partial charge is 0.486 e. The molecule has 0 spiro atoms. The van der Waals surface area contributed by atoms with E-state index < -0.39 is 0 Å². The quantitative estimate of drug-likeness (QED) is 0.361. The SMILES string of the molecule is CCn1c(COc2ccc(C(C)(C)C)cc2)nnc1SCc1cc(=O)c2cc(C)ccc2[nH]1. The Bertz CT molecular complexity index is 1320. The predicted molar refractivity (Wildman–Crippen MR) is 134 cm³/mol. The van der Waals surface area contributed by atoms with Crippen molar-refractivity contribution in [2.24, 2.45) is 0 Å². The summed E-state index contributed by atoms with van der Waals surface area (Å²) in [4.78, 5) is 15.9. The number of nitrogens with one attached hydrogen (secondary N) is 1. The van der Waals surface area contributed by atoms with Gasteiger partial charge in [-0.1, -0.05) is 56.3 Å². The number of thioether (sulfide) groups is 1. The van der Waals surface area contributed by atoms with E-state index in [1.807, 2.05) is 37.3 Å². The Kier molecular flexibility index (Phi) is 6.61. The van der Waals surface area contributed by atoms with Crippen molar-refractivity contribution in [2.75, 3.05) is 0 Å². The summed E-state index contributed by atoms with van der Waals surface area (Å²) in [7, 11) is 0. The Morgan fingerprint density at radius 3 is 2.52 bits per heavy atom. The maximum absolute atomic E-state index is 12.5.